The second-order valence-electron chi connectivity index (χ2n) is 8.33. The van der Waals surface area contributed by atoms with Crippen LogP contribution in [0.15, 0.2) is 0 Å². The Labute approximate surface area is 168 Å². The Balaban J connectivity index is 3.19. The zero-order chi connectivity index (χ0) is 21.9. The van der Waals surface area contributed by atoms with Gasteiger partial charge in [-0.25, -0.2) is 8.42 Å². The van der Waals surface area contributed by atoms with Crippen LogP contribution >= 0.6 is 0 Å². The maximum Gasteiger partial charge on any atom is 0.475 e. The van der Waals surface area contributed by atoms with Gasteiger partial charge in [-0.15, -0.1) is 0 Å². The molecule has 9 nitrogen and oxygen atoms in total. The van der Waals surface area contributed by atoms with Crippen LogP contribution in [0.2, 0.25) is 0 Å². The van der Waals surface area contributed by atoms with E-state index in [-0.39, 0.29) is 24.8 Å². The summed E-state index contributed by atoms with van der Waals surface area (Å²) in [5.74, 6) is -1.94. The Hall–Kier alpha value is -1.17. The van der Waals surface area contributed by atoms with Crippen molar-refractivity contribution in [2.45, 2.75) is 71.4 Å². The van der Waals surface area contributed by atoms with Crippen LogP contribution in [0.1, 0.15) is 53.9 Å². The van der Waals surface area contributed by atoms with Crippen molar-refractivity contribution in [3.05, 3.63) is 0 Å². The summed E-state index contributed by atoms with van der Waals surface area (Å²) in [5.41, 5.74) is -1.29. The van der Waals surface area contributed by atoms with Crippen molar-refractivity contribution in [2.24, 2.45) is 11.8 Å². The average molecular weight is 419 g/mol. The normalized spacial score (nSPS) is 22.6. The van der Waals surface area contributed by atoms with Crippen LogP contribution in [-0.4, -0.2) is 72.6 Å². The molecule has 0 radical (unpaired) electrons. The van der Waals surface area contributed by atoms with Gasteiger partial charge >= 0.3 is 7.12 Å². The minimum atomic E-state index is -3.63. The molecule has 28 heavy (non-hydrogen) atoms. The Morgan fingerprint density at radius 1 is 1.29 bits per heavy atom. The van der Waals surface area contributed by atoms with E-state index in [9.17, 15) is 28.1 Å². The van der Waals surface area contributed by atoms with Gasteiger partial charge in [0.05, 0.1) is 12.2 Å². The van der Waals surface area contributed by atoms with Gasteiger partial charge in [0.1, 0.15) is 11.6 Å². The highest BCUT2D eigenvalue weighted by atomic mass is 32.2. The first kappa shape index (κ1) is 24.9. The predicted molar refractivity (Wildman–Crippen MR) is 108 cm³/mol. The largest absolute Gasteiger partial charge is 0.475 e. The minimum Gasteiger partial charge on any atom is -0.426 e. The number of sulfonamides is 1. The third-order valence-corrected chi connectivity index (χ3v) is 5.98. The topological polar surface area (TPSA) is 136 Å². The van der Waals surface area contributed by atoms with Crippen LogP contribution in [0.3, 0.4) is 0 Å². The Bertz CT molecular complexity index is 670. The van der Waals surface area contributed by atoms with Crippen molar-refractivity contribution < 1.29 is 28.1 Å². The van der Waals surface area contributed by atoms with Crippen molar-refractivity contribution in [3.8, 4) is 0 Å². The molecule has 1 aliphatic rings. The maximum absolute atomic E-state index is 13.3. The summed E-state index contributed by atoms with van der Waals surface area (Å²) in [7, 11) is -5.34. The molecule has 1 rings (SSSR count). The number of hydrogen-bond acceptors (Lipinski definition) is 6. The van der Waals surface area contributed by atoms with Crippen LogP contribution in [-0.2, 0) is 19.6 Å². The highest BCUT2D eigenvalue weighted by molar-refractivity contribution is 7.88. The minimum absolute atomic E-state index is 0.0968. The van der Waals surface area contributed by atoms with Crippen molar-refractivity contribution in [1.29, 1.82) is 0 Å². The number of carbonyl (C=O) groups excluding carboxylic acids is 2. The molecule has 1 aliphatic heterocycles. The smallest absolute Gasteiger partial charge is 0.426 e. The molecule has 1 heterocycles. The number of nitrogens with zero attached hydrogens (tertiary/aromatic N) is 1. The van der Waals surface area contributed by atoms with Gasteiger partial charge in [-0.3, -0.25) is 9.59 Å². The first-order chi connectivity index (χ1) is 12.7. The first-order valence-electron chi connectivity index (χ1n) is 9.71. The fraction of sp³-hybridized carbons (Fsp3) is 0.882. The monoisotopic (exact) mass is 419 g/mol. The second kappa shape index (κ2) is 9.56. The zero-order valence-electron chi connectivity index (χ0n) is 17.6. The summed E-state index contributed by atoms with van der Waals surface area (Å²) < 4.78 is 26.2. The number of hydrogen-bond donors (Lipinski definition) is 4. The van der Waals surface area contributed by atoms with E-state index >= 15 is 0 Å². The molecule has 0 aromatic heterocycles. The molecule has 11 heteroatoms. The highest BCUT2D eigenvalue weighted by Gasteiger charge is 2.53. The van der Waals surface area contributed by atoms with Gasteiger partial charge in [-0.05, 0) is 31.1 Å². The van der Waals surface area contributed by atoms with Crippen LogP contribution in [0, 0.1) is 11.8 Å². The number of carbonyl (C=O) groups is 2. The van der Waals surface area contributed by atoms with E-state index in [1.807, 2.05) is 13.8 Å². The van der Waals surface area contributed by atoms with Crippen LogP contribution in [0.4, 0.5) is 0 Å². The van der Waals surface area contributed by atoms with Gasteiger partial charge in [-0.1, -0.05) is 34.6 Å². The van der Waals surface area contributed by atoms with E-state index in [0.29, 0.717) is 12.8 Å². The fourth-order valence-electron chi connectivity index (χ4n) is 3.63. The lowest BCUT2D eigenvalue weighted by Crippen LogP contribution is -2.60. The lowest BCUT2D eigenvalue weighted by atomic mass is 9.77. The van der Waals surface area contributed by atoms with Gasteiger partial charge < -0.3 is 20.3 Å². The lowest BCUT2D eigenvalue weighted by Gasteiger charge is -2.34. The molecular weight excluding hydrogens is 385 g/mol. The first-order valence-corrected chi connectivity index (χ1v) is 11.6. The molecule has 3 atom stereocenters. The van der Waals surface area contributed by atoms with Gasteiger partial charge in [0, 0.05) is 6.54 Å². The third-order valence-electron chi connectivity index (χ3n) is 5.24. The van der Waals surface area contributed by atoms with E-state index in [2.05, 4.69) is 10.0 Å². The molecule has 0 bridgehead atoms. The van der Waals surface area contributed by atoms with E-state index < -0.39 is 46.5 Å². The second-order valence-corrected chi connectivity index (χ2v) is 10.1. The summed E-state index contributed by atoms with van der Waals surface area (Å²) in [6.07, 6.45) is 1.97. The SMILES string of the molecule is CCC(NC(=O)[C@@H](CC(C)C)N1CCC(NS(C)(=O)=O)(C(C)C)C1=O)B(O)O. The summed E-state index contributed by atoms with van der Waals surface area (Å²) in [5, 5.41) is 21.4. The molecule has 162 valence electrons. The van der Waals surface area contributed by atoms with E-state index in [1.54, 1.807) is 20.8 Å². The highest BCUT2D eigenvalue weighted by Crippen LogP contribution is 2.33. The van der Waals surface area contributed by atoms with Crippen molar-refractivity contribution in [3.63, 3.8) is 0 Å². The molecule has 1 saturated heterocycles. The molecule has 1 fully saturated rings. The van der Waals surface area contributed by atoms with E-state index in [0.717, 1.165) is 6.26 Å². The Morgan fingerprint density at radius 2 is 1.86 bits per heavy atom. The number of nitrogens with one attached hydrogen (secondary N) is 2. The molecule has 2 amide bonds. The maximum atomic E-state index is 13.3. The molecule has 0 aromatic carbocycles. The summed E-state index contributed by atoms with van der Waals surface area (Å²) in [6.45, 7) is 9.33. The Morgan fingerprint density at radius 3 is 2.25 bits per heavy atom. The quantitative estimate of drug-likeness (QED) is 0.352. The number of amides is 2. The van der Waals surface area contributed by atoms with Crippen molar-refractivity contribution in [2.75, 3.05) is 12.8 Å². The molecule has 0 spiro atoms. The van der Waals surface area contributed by atoms with Crippen LogP contribution < -0.4 is 10.0 Å². The zero-order valence-corrected chi connectivity index (χ0v) is 18.4. The Kier molecular flexibility index (Phi) is 8.49. The van der Waals surface area contributed by atoms with E-state index in [4.69, 9.17) is 0 Å². The average Bonchev–Trinajstić information content (AvgIpc) is 2.85. The van der Waals surface area contributed by atoms with E-state index in [1.165, 1.54) is 4.90 Å². The molecule has 4 N–H and O–H groups in total. The molecular formula is C17H34BN3O6S. The molecule has 0 aromatic rings. The van der Waals surface area contributed by atoms with Gasteiger partial charge in [0.2, 0.25) is 21.8 Å². The standard InChI is InChI=1S/C17H34BN3O6S/c1-7-14(18(24)25)19-15(22)13(10-11(2)3)21-9-8-17(12(4)5,16(21)23)20-28(6,26)27/h11-14,20,24-25H,7-10H2,1-6H3,(H,19,22)/t13-,14?,17?/m1/s1. The molecule has 0 saturated carbocycles. The number of rotatable bonds is 10. The van der Waals surface area contributed by atoms with Crippen LogP contribution in [0.25, 0.3) is 0 Å². The summed E-state index contributed by atoms with van der Waals surface area (Å²) in [6, 6.07) is -0.817. The van der Waals surface area contributed by atoms with Gasteiger partial charge in [0.15, 0.2) is 0 Å². The summed E-state index contributed by atoms with van der Waals surface area (Å²) >= 11 is 0. The fourth-order valence-corrected chi connectivity index (χ4v) is 4.71. The predicted octanol–water partition coefficient (Wildman–Crippen LogP) is -0.516. The van der Waals surface area contributed by atoms with Crippen molar-refractivity contribution in [1.82, 2.24) is 14.9 Å². The molecule has 2 unspecified atom stereocenters. The lowest BCUT2D eigenvalue weighted by molar-refractivity contribution is -0.142. The molecule has 0 aliphatic carbocycles. The number of likely N-dealkylation sites (tertiary alicyclic amines) is 1. The van der Waals surface area contributed by atoms with Crippen LogP contribution in [0.5, 0.6) is 0 Å². The van der Waals surface area contributed by atoms with Gasteiger partial charge in [-0.2, -0.15) is 4.72 Å². The third kappa shape index (κ3) is 5.92. The summed E-state index contributed by atoms with van der Waals surface area (Å²) in [4.78, 5) is 27.6. The van der Waals surface area contributed by atoms with Crippen molar-refractivity contribution >= 4 is 29.0 Å². The van der Waals surface area contributed by atoms with Gasteiger partial charge in [0.25, 0.3) is 0 Å².